The fraction of sp³-hybridized carbons (Fsp3) is 0.692. The number of hydrogen-bond donors (Lipinski definition) is 3. The summed E-state index contributed by atoms with van der Waals surface area (Å²) in [5, 5.41) is 21.6. The molecule has 0 radical (unpaired) electrons. The van der Waals surface area contributed by atoms with Crippen LogP contribution in [0.25, 0.3) is 0 Å². The van der Waals surface area contributed by atoms with Gasteiger partial charge in [-0.15, -0.1) is 5.10 Å². The Hall–Kier alpha value is -2.12. The number of nitrogens with one attached hydrogen (secondary N) is 2. The Morgan fingerprint density at radius 3 is 2.95 bits per heavy atom. The number of aromatic nitrogens is 3. The molecule has 2 atom stereocenters. The minimum absolute atomic E-state index is 0.101. The van der Waals surface area contributed by atoms with Gasteiger partial charge >= 0.3 is 12.0 Å². The van der Waals surface area contributed by atoms with E-state index in [1.54, 1.807) is 0 Å². The highest BCUT2D eigenvalue weighted by molar-refractivity contribution is 5.84. The van der Waals surface area contributed by atoms with Crippen molar-refractivity contribution in [3.63, 3.8) is 0 Å². The van der Waals surface area contributed by atoms with Gasteiger partial charge in [0, 0.05) is 12.6 Å². The van der Waals surface area contributed by atoms with Crippen molar-refractivity contribution in [2.45, 2.75) is 45.2 Å². The molecule has 8 heteroatoms. The molecule has 2 rings (SSSR count). The summed E-state index contributed by atoms with van der Waals surface area (Å²) in [6, 6.07) is 0.0615. The number of carbonyl (C=O) groups excluding carboxylic acids is 1. The summed E-state index contributed by atoms with van der Waals surface area (Å²) in [5.74, 6) is -0.452. The summed E-state index contributed by atoms with van der Waals surface area (Å²) in [4.78, 5) is 22.4. The fourth-order valence-electron chi connectivity index (χ4n) is 2.59. The minimum Gasteiger partial charge on any atom is -0.476 e. The number of aromatic carboxylic acids is 1. The molecule has 1 heterocycles. The number of carboxylic acid groups (broad SMARTS) is 1. The maximum absolute atomic E-state index is 11.8. The Labute approximate surface area is 122 Å². The molecule has 1 aromatic rings. The second kappa shape index (κ2) is 7.05. The first-order chi connectivity index (χ1) is 10.0. The highest BCUT2D eigenvalue weighted by atomic mass is 16.4. The van der Waals surface area contributed by atoms with Crippen molar-refractivity contribution in [2.24, 2.45) is 5.92 Å². The fourth-order valence-corrected chi connectivity index (χ4v) is 2.59. The lowest BCUT2D eigenvalue weighted by molar-refractivity contribution is 0.0690. The highest BCUT2D eigenvalue weighted by Crippen LogP contribution is 2.23. The van der Waals surface area contributed by atoms with E-state index >= 15 is 0 Å². The number of nitrogens with zero attached hydrogens (tertiary/aromatic N) is 3. The summed E-state index contributed by atoms with van der Waals surface area (Å²) in [6.07, 6.45) is 5.78. The lowest BCUT2D eigenvalue weighted by Gasteiger charge is -2.27. The first-order valence-electron chi connectivity index (χ1n) is 7.22. The van der Waals surface area contributed by atoms with Crippen molar-refractivity contribution in [3.8, 4) is 0 Å². The van der Waals surface area contributed by atoms with Crippen LogP contribution in [0.3, 0.4) is 0 Å². The summed E-state index contributed by atoms with van der Waals surface area (Å²) in [5.41, 5.74) is -0.101. The van der Waals surface area contributed by atoms with Crippen LogP contribution in [-0.2, 0) is 6.54 Å². The van der Waals surface area contributed by atoms with Crippen molar-refractivity contribution >= 4 is 12.0 Å². The molecule has 1 aliphatic carbocycles. The van der Waals surface area contributed by atoms with Crippen LogP contribution in [0.1, 0.15) is 43.1 Å². The van der Waals surface area contributed by atoms with Gasteiger partial charge in [-0.2, -0.15) is 0 Å². The van der Waals surface area contributed by atoms with E-state index in [1.807, 2.05) is 0 Å². The molecule has 1 fully saturated rings. The van der Waals surface area contributed by atoms with Gasteiger partial charge in [-0.3, -0.25) is 0 Å². The van der Waals surface area contributed by atoms with Crippen LogP contribution in [0.2, 0.25) is 0 Å². The molecular weight excluding hydrogens is 274 g/mol. The van der Waals surface area contributed by atoms with E-state index in [1.165, 1.54) is 17.3 Å². The third kappa shape index (κ3) is 4.73. The molecule has 0 bridgehead atoms. The minimum atomic E-state index is -1.11. The predicted molar refractivity (Wildman–Crippen MR) is 74.9 cm³/mol. The van der Waals surface area contributed by atoms with Gasteiger partial charge in [-0.1, -0.05) is 25.0 Å². The number of carbonyl (C=O) groups is 2. The molecule has 8 nitrogen and oxygen atoms in total. The number of amides is 2. The zero-order valence-electron chi connectivity index (χ0n) is 12.1. The van der Waals surface area contributed by atoms with Gasteiger partial charge in [0.15, 0.2) is 5.69 Å². The van der Waals surface area contributed by atoms with E-state index in [4.69, 9.17) is 5.11 Å². The molecule has 0 saturated heterocycles. The van der Waals surface area contributed by atoms with Crippen molar-refractivity contribution < 1.29 is 14.7 Å². The number of carboxylic acids is 1. The van der Waals surface area contributed by atoms with Gasteiger partial charge in [0.2, 0.25) is 0 Å². The van der Waals surface area contributed by atoms with Crippen molar-refractivity contribution in [1.82, 2.24) is 25.6 Å². The Morgan fingerprint density at radius 2 is 2.29 bits per heavy atom. The lowest BCUT2D eigenvalue weighted by atomic mass is 9.87. The average Bonchev–Trinajstić information content (AvgIpc) is 2.87. The highest BCUT2D eigenvalue weighted by Gasteiger charge is 2.20. The molecule has 3 N–H and O–H groups in total. The molecule has 2 unspecified atom stereocenters. The summed E-state index contributed by atoms with van der Waals surface area (Å²) in [6.45, 7) is 2.96. The van der Waals surface area contributed by atoms with Crippen LogP contribution in [-0.4, -0.2) is 44.7 Å². The van der Waals surface area contributed by atoms with Crippen LogP contribution in [0.4, 0.5) is 4.79 Å². The monoisotopic (exact) mass is 295 g/mol. The molecule has 1 aromatic heterocycles. The van der Waals surface area contributed by atoms with E-state index in [0.717, 1.165) is 19.3 Å². The maximum Gasteiger partial charge on any atom is 0.358 e. The van der Waals surface area contributed by atoms with Crippen LogP contribution < -0.4 is 10.6 Å². The first kappa shape index (κ1) is 15.3. The Kier molecular flexibility index (Phi) is 5.13. The topological polar surface area (TPSA) is 109 Å². The maximum atomic E-state index is 11.8. The third-order valence-corrected chi connectivity index (χ3v) is 3.66. The molecule has 1 aliphatic rings. The van der Waals surface area contributed by atoms with Gasteiger partial charge in [0.05, 0.1) is 12.7 Å². The van der Waals surface area contributed by atoms with Crippen molar-refractivity contribution in [2.75, 3.05) is 6.54 Å². The summed E-state index contributed by atoms with van der Waals surface area (Å²) < 4.78 is 1.40. The van der Waals surface area contributed by atoms with Gasteiger partial charge in [-0.05, 0) is 18.8 Å². The Bertz CT molecular complexity index is 502. The molecular formula is C13H21N5O3. The van der Waals surface area contributed by atoms with Gasteiger partial charge in [-0.25, -0.2) is 14.3 Å². The molecule has 1 saturated carbocycles. The normalized spacial score (nSPS) is 21.8. The van der Waals surface area contributed by atoms with E-state index in [-0.39, 0.29) is 17.8 Å². The predicted octanol–water partition coefficient (Wildman–Crippen LogP) is 0.854. The van der Waals surface area contributed by atoms with Crippen LogP contribution >= 0.6 is 0 Å². The zero-order valence-corrected chi connectivity index (χ0v) is 12.1. The third-order valence-electron chi connectivity index (χ3n) is 3.66. The van der Waals surface area contributed by atoms with Crippen LogP contribution in [0, 0.1) is 5.92 Å². The number of hydrogen-bond acceptors (Lipinski definition) is 4. The van der Waals surface area contributed by atoms with Crippen LogP contribution in [0.15, 0.2) is 6.20 Å². The summed E-state index contributed by atoms with van der Waals surface area (Å²) >= 11 is 0. The SMILES string of the molecule is CC1CCCC(NC(=O)NCCn2cc(C(=O)O)nn2)C1. The molecule has 116 valence electrons. The molecule has 0 aromatic carbocycles. The van der Waals surface area contributed by atoms with Gasteiger partial charge in [0.25, 0.3) is 0 Å². The second-order valence-corrected chi connectivity index (χ2v) is 5.54. The number of urea groups is 1. The molecule has 0 spiro atoms. The van der Waals surface area contributed by atoms with Crippen LogP contribution in [0.5, 0.6) is 0 Å². The summed E-state index contributed by atoms with van der Waals surface area (Å²) in [7, 11) is 0. The Morgan fingerprint density at radius 1 is 1.48 bits per heavy atom. The zero-order chi connectivity index (χ0) is 15.2. The van der Waals surface area contributed by atoms with Crippen molar-refractivity contribution in [1.29, 1.82) is 0 Å². The van der Waals surface area contributed by atoms with Crippen molar-refractivity contribution in [3.05, 3.63) is 11.9 Å². The quantitative estimate of drug-likeness (QED) is 0.746. The second-order valence-electron chi connectivity index (χ2n) is 5.54. The van der Waals surface area contributed by atoms with E-state index in [0.29, 0.717) is 19.0 Å². The number of rotatable bonds is 5. The smallest absolute Gasteiger partial charge is 0.358 e. The van der Waals surface area contributed by atoms with E-state index < -0.39 is 5.97 Å². The van der Waals surface area contributed by atoms with Gasteiger partial charge < -0.3 is 15.7 Å². The van der Waals surface area contributed by atoms with E-state index in [9.17, 15) is 9.59 Å². The standard InChI is InChI=1S/C13H21N5O3/c1-9-3-2-4-10(7-9)15-13(21)14-5-6-18-8-11(12(19)20)16-17-18/h8-10H,2-7H2,1H3,(H,19,20)(H2,14,15,21). The lowest BCUT2D eigenvalue weighted by Crippen LogP contribution is -2.44. The molecule has 2 amide bonds. The van der Waals surface area contributed by atoms with E-state index in [2.05, 4.69) is 27.9 Å². The van der Waals surface area contributed by atoms with Gasteiger partial charge in [0.1, 0.15) is 0 Å². The first-order valence-corrected chi connectivity index (χ1v) is 7.22. The Balaban J connectivity index is 1.67. The average molecular weight is 295 g/mol. The molecule has 0 aliphatic heterocycles. The largest absolute Gasteiger partial charge is 0.476 e. The molecule has 21 heavy (non-hydrogen) atoms.